The summed E-state index contributed by atoms with van der Waals surface area (Å²) >= 11 is 5.21. The molecule has 2 radical (unpaired) electrons. The second-order valence-corrected chi connectivity index (χ2v) is 4.37. The summed E-state index contributed by atoms with van der Waals surface area (Å²) in [4.78, 5) is 0. The molecule has 0 aliphatic rings. The van der Waals surface area contributed by atoms with Crippen molar-refractivity contribution in [3.05, 3.63) is 0 Å². The molecule has 2 unspecified atom stereocenters. The maximum atomic E-state index is 13.1. The summed E-state index contributed by atoms with van der Waals surface area (Å²) in [7, 11) is 0. The van der Waals surface area contributed by atoms with E-state index in [0.717, 1.165) is 0 Å². The summed E-state index contributed by atoms with van der Waals surface area (Å²) in [6.07, 6.45) is -1.96. The predicted molar refractivity (Wildman–Crippen MR) is 69.4 cm³/mol. The first kappa shape index (κ1) is 25.4. The molecule has 0 aromatic rings. The fraction of sp³-hybridized carbons (Fsp3) is 1.00. The average Bonchev–Trinajstić information content (AvgIpc) is 2.28. The predicted octanol–water partition coefficient (Wildman–Crippen LogP) is 1.47. The van der Waals surface area contributed by atoms with Crippen LogP contribution in [0, 0.1) is 0 Å². The maximum absolute atomic E-state index is 13.1. The van der Waals surface area contributed by atoms with Crippen LogP contribution in [-0.4, -0.2) is 43.6 Å². The number of hydrogen-bond acceptors (Lipinski definition) is 6. The van der Waals surface area contributed by atoms with Gasteiger partial charge in [0.1, 0.15) is 0 Å². The minimum atomic E-state index is -1.33. The van der Waals surface area contributed by atoms with Gasteiger partial charge in [-0.05, 0) is 0 Å². The van der Waals surface area contributed by atoms with E-state index < -0.39 is 12.6 Å². The van der Waals surface area contributed by atoms with Crippen LogP contribution in [0.25, 0.3) is 0 Å². The second-order valence-electron chi connectivity index (χ2n) is 3.18. The number of thioether (sulfide) groups is 1. The summed E-state index contributed by atoms with van der Waals surface area (Å²) in [6, 6.07) is 0. The van der Waals surface area contributed by atoms with Crippen molar-refractivity contribution in [2.45, 2.75) is 25.4 Å². The van der Waals surface area contributed by atoms with Crippen LogP contribution in [-0.2, 0) is 43.6 Å². The van der Waals surface area contributed by atoms with E-state index in [-0.39, 0.29) is 47.2 Å². The summed E-state index contributed by atoms with van der Waals surface area (Å²) < 4.78 is 35.2. The molecule has 0 aliphatic heterocycles. The minimum Gasteiger partial charge on any atom is -0.371 e. The topological polar surface area (TPSA) is 56.5 Å². The Morgan fingerprint density at radius 2 is 1.79 bits per heavy atom. The molecule has 2 atom stereocenters. The van der Waals surface area contributed by atoms with Gasteiger partial charge in [-0.3, -0.25) is 5.32 Å². The molecule has 0 rings (SSSR count). The van der Waals surface area contributed by atoms with E-state index >= 15 is 0 Å². The van der Waals surface area contributed by atoms with Crippen LogP contribution >= 0.6 is 24.4 Å². The molecule has 0 heterocycles. The molecule has 3 N–H and O–H groups in total. The normalized spacial score (nSPS) is 13.3. The van der Waals surface area contributed by atoms with E-state index in [9.17, 15) is 8.78 Å². The molecule has 10 heteroatoms. The summed E-state index contributed by atoms with van der Waals surface area (Å²) in [5.41, 5.74) is 4.90. The van der Waals surface area contributed by atoms with Crippen molar-refractivity contribution in [2.75, 3.05) is 31.0 Å². The van der Waals surface area contributed by atoms with E-state index in [1.807, 2.05) is 0 Å². The Kier molecular flexibility index (Phi) is 26.0. The number of thiol groups is 1. The quantitative estimate of drug-likeness (QED) is 0.152. The van der Waals surface area contributed by atoms with E-state index in [1.165, 1.54) is 11.8 Å². The van der Waals surface area contributed by atoms with Crippen molar-refractivity contribution in [2.24, 2.45) is 5.73 Å². The number of rotatable bonds is 12. The number of nitrogens with one attached hydrogen (secondary N) is 1. The van der Waals surface area contributed by atoms with Crippen LogP contribution in [0.5, 0.6) is 0 Å². The van der Waals surface area contributed by atoms with Crippen molar-refractivity contribution in [3.63, 3.8) is 0 Å². The number of nitrogens with two attached hydrogens (primary N) is 1. The fourth-order valence-electron chi connectivity index (χ4n) is 0.858. The molecule has 118 valence electrons. The fourth-order valence-corrected chi connectivity index (χ4v) is 1.61. The van der Waals surface area contributed by atoms with Crippen molar-refractivity contribution in [1.82, 2.24) is 5.32 Å². The van der Waals surface area contributed by atoms with Crippen molar-refractivity contribution >= 4 is 24.4 Å². The molecule has 0 amide bonds. The van der Waals surface area contributed by atoms with E-state index in [2.05, 4.69) is 17.9 Å². The van der Waals surface area contributed by atoms with Crippen molar-refractivity contribution < 1.29 is 52.4 Å². The number of halogens is 2. The van der Waals surface area contributed by atoms with Crippen LogP contribution in [0.4, 0.5) is 8.78 Å². The number of ether oxygens (including phenoxy) is 2. The molecule has 0 saturated heterocycles. The molecule has 4 nitrogen and oxygen atoms in total. The van der Waals surface area contributed by atoms with Crippen LogP contribution in [0.3, 0.4) is 0 Å². The Balaban J connectivity index is -0.00000128. The molecular weight excluding hydrogens is 380 g/mol. The molecule has 19 heavy (non-hydrogen) atoms. The van der Waals surface area contributed by atoms with E-state index in [4.69, 9.17) is 15.2 Å². The third kappa shape index (κ3) is 21.9. The second kappa shape index (κ2) is 19.4. The molecule has 0 aromatic carbocycles. The van der Waals surface area contributed by atoms with Gasteiger partial charge in [0.25, 0.3) is 0 Å². The van der Waals surface area contributed by atoms with Gasteiger partial charge >= 0.3 is 0 Å². The first-order valence-corrected chi connectivity index (χ1v) is 7.06. The standard InChI is InChI=1S/C9H20F2N2O2S2.2Mn/c10-8(12)1-3-15-7-17-5-13-9(11)2-4-14-6-16;;/h8-9,13,16H,1-7,12H2;;. The summed E-state index contributed by atoms with van der Waals surface area (Å²) in [5.74, 6) is 1.12. The van der Waals surface area contributed by atoms with Gasteiger partial charge in [0, 0.05) is 52.9 Å². The third-order valence-corrected chi connectivity index (χ3v) is 2.61. The average molecular weight is 400 g/mol. The summed E-state index contributed by atoms with van der Waals surface area (Å²) in [5, 5.41) is 2.65. The summed E-state index contributed by atoms with van der Waals surface area (Å²) in [6.45, 7) is 0.618. The zero-order valence-electron chi connectivity index (χ0n) is 10.4. The van der Waals surface area contributed by atoms with E-state index in [1.54, 1.807) is 0 Å². The van der Waals surface area contributed by atoms with Gasteiger partial charge in [0.2, 0.25) is 0 Å². The monoisotopic (exact) mass is 400 g/mol. The van der Waals surface area contributed by atoms with Crippen LogP contribution in [0.2, 0.25) is 0 Å². The number of hydrogen-bond donors (Lipinski definition) is 3. The van der Waals surface area contributed by atoms with Crippen molar-refractivity contribution in [3.8, 4) is 0 Å². The zero-order valence-corrected chi connectivity index (χ0v) is 14.4. The minimum absolute atomic E-state index is 0. The molecule has 0 aromatic heterocycles. The van der Waals surface area contributed by atoms with E-state index in [0.29, 0.717) is 30.8 Å². The molecule has 0 saturated carbocycles. The molecule has 0 fully saturated rings. The first-order valence-electron chi connectivity index (χ1n) is 5.28. The Labute approximate surface area is 144 Å². The van der Waals surface area contributed by atoms with Gasteiger partial charge < -0.3 is 15.2 Å². The van der Waals surface area contributed by atoms with Crippen LogP contribution in [0.1, 0.15) is 12.8 Å². The Hall–Kier alpha value is 1.44. The van der Waals surface area contributed by atoms with Gasteiger partial charge in [-0.15, -0.1) is 11.8 Å². The Morgan fingerprint density at radius 3 is 2.37 bits per heavy atom. The van der Waals surface area contributed by atoms with Gasteiger partial charge in [-0.2, -0.15) is 12.6 Å². The van der Waals surface area contributed by atoms with Crippen molar-refractivity contribution in [1.29, 1.82) is 0 Å². The zero-order chi connectivity index (χ0) is 12.9. The molecular formula is C9H20F2Mn2N2O2S2. The molecule has 0 bridgehead atoms. The smallest absolute Gasteiger partial charge is 0.154 e. The third-order valence-electron chi connectivity index (χ3n) is 1.72. The van der Waals surface area contributed by atoms with Crippen LogP contribution < -0.4 is 11.1 Å². The SMILES string of the molecule is NC(F)CCOCSCNC(F)CCOCS.[Mn].[Mn]. The first-order chi connectivity index (χ1) is 8.16. The van der Waals surface area contributed by atoms with Crippen LogP contribution in [0.15, 0.2) is 0 Å². The van der Waals surface area contributed by atoms with Gasteiger partial charge in [0.15, 0.2) is 12.6 Å². The van der Waals surface area contributed by atoms with Gasteiger partial charge in [0.05, 0.1) is 25.1 Å². The van der Waals surface area contributed by atoms with Gasteiger partial charge in [-0.1, -0.05) is 0 Å². The Bertz CT molecular complexity index is 179. The number of alkyl halides is 2. The molecule has 0 spiro atoms. The molecule has 0 aliphatic carbocycles. The maximum Gasteiger partial charge on any atom is 0.154 e. The Morgan fingerprint density at radius 1 is 1.16 bits per heavy atom. The van der Waals surface area contributed by atoms with Gasteiger partial charge in [-0.25, -0.2) is 8.78 Å². The largest absolute Gasteiger partial charge is 0.371 e.